The number of piperidine rings is 1. The summed E-state index contributed by atoms with van der Waals surface area (Å²) in [6.45, 7) is 5.95. The molecule has 0 unspecified atom stereocenters. The summed E-state index contributed by atoms with van der Waals surface area (Å²) >= 11 is 0. The predicted octanol–water partition coefficient (Wildman–Crippen LogP) is 4.66. The molecule has 0 atom stereocenters. The molecule has 1 aromatic rings. The lowest BCUT2D eigenvalue weighted by Gasteiger charge is -2.34. The van der Waals surface area contributed by atoms with Gasteiger partial charge in [0.1, 0.15) is 5.82 Å². The molecule has 0 aromatic carbocycles. The standard InChI is InChI=1S/C24H41N5O.HI/c1-20-10-9-13-23(27-20)29-17-14-21(15-18-29)28-24(25-2)26-16-7-8-19-30-22-11-5-3-4-6-12-22;/h9-10,13,21-22H,3-8,11-12,14-19H2,1-2H3,(H2,25,26,28);1H. The fourth-order valence-corrected chi connectivity index (χ4v) is 4.44. The number of guanidine groups is 1. The van der Waals surface area contributed by atoms with Crippen LogP contribution < -0.4 is 15.5 Å². The molecule has 1 saturated heterocycles. The largest absolute Gasteiger partial charge is 0.378 e. The summed E-state index contributed by atoms with van der Waals surface area (Å²) in [5.41, 5.74) is 1.08. The van der Waals surface area contributed by atoms with Crippen LogP contribution in [0.4, 0.5) is 5.82 Å². The quantitative estimate of drug-likeness (QED) is 0.164. The highest BCUT2D eigenvalue weighted by molar-refractivity contribution is 14.0. The monoisotopic (exact) mass is 543 g/mol. The van der Waals surface area contributed by atoms with Crippen molar-refractivity contribution in [3.05, 3.63) is 23.9 Å². The van der Waals surface area contributed by atoms with Crippen LogP contribution >= 0.6 is 24.0 Å². The Morgan fingerprint density at radius 2 is 1.84 bits per heavy atom. The van der Waals surface area contributed by atoms with Gasteiger partial charge in [-0.1, -0.05) is 31.7 Å². The third kappa shape index (κ3) is 9.51. The van der Waals surface area contributed by atoms with Gasteiger partial charge < -0.3 is 20.3 Å². The van der Waals surface area contributed by atoms with E-state index in [-0.39, 0.29) is 24.0 Å². The van der Waals surface area contributed by atoms with Gasteiger partial charge in [0.15, 0.2) is 5.96 Å². The molecule has 2 aliphatic rings. The van der Waals surface area contributed by atoms with Crippen LogP contribution in [0.15, 0.2) is 23.2 Å². The molecule has 2 fully saturated rings. The zero-order valence-electron chi connectivity index (χ0n) is 19.4. The van der Waals surface area contributed by atoms with Gasteiger partial charge in [-0.15, -0.1) is 24.0 Å². The fraction of sp³-hybridized carbons (Fsp3) is 0.750. The maximum atomic E-state index is 6.09. The molecule has 7 heteroatoms. The first kappa shape index (κ1) is 26.2. The van der Waals surface area contributed by atoms with E-state index in [1.165, 1.54) is 38.5 Å². The van der Waals surface area contributed by atoms with Crippen molar-refractivity contribution < 1.29 is 4.74 Å². The lowest BCUT2D eigenvalue weighted by Crippen LogP contribution is -2.49. The highest BCUT2D eigenvalue weighted by Crippen LogP contribution is 2.20. The van der Waals surface area contributed by atoms with Crippen molar-refractivity contribution in [3.8, 4) is 0 Å². The molecule has 0 radical (unpaired) electrons. The minimum Gasteiger partial charge on any atom is -0.378 e. The van der Waals surface area contributed by atoms with Gasteiger partial charge in [0, 0.05) is 45.0 Å². The molecule has 176 valence electrons. The molecule has 2 heterocycles. The lowest BCUT2D eigenvalue weighted by atomic mass is 10.1. The summed E-state index contributed by atoms with van der Waals surface area (Å²) in [4.78, 5) is 11.5. The number of aromatic nitrogens is 1. The smallest absolute Gasteiger partial charge is 0.191 e. The minimum atomic E-state index is 0. The van der Waals surface area contributed by atoms with E-state index in [0.717, 1.165) is 69.4 Å². The third-order valence-corrected chi connectivity index (χ3v) is 6.28. The Bertz CT molecular complexity index is 641. The topological polar surface area (TPSA) is 61.8 Å². The van der Waals surface area contributed by atoms with Gasteiger partial charge in [0.05, 0.1) is 6.10 Å². The molecule has 1 aliphatic heterocycles. The first-order valence-electron chi connectivity index (χ1n) is 12.0. The van der Waals surface area contributed by atoms with Gasteiger partial charge in [-0.25, -0.2) is 4.98 Å². The second-order valence-electron chi connectivity index (χ2n) is 8.73. The Morgan fingerprint density at radius 1 is 1.10 bits per heavy atom. The molecule has 1 saturated carbocycles. The van der Waals surface area contributed by atoms with Crippen molar-refractivity contribution in [1.82, 2.24) is 15.6 Å². The maximum Gasteiger partial charge on any atom is 0.191 e. The SMILES string of the molecule is CN=C(NCCCCOC1CCCCCC1)NC1CCN(c2cccc(C)n2)CC1.I. The zero-order valence-corrected chi connectivity index (χ0v) is 21.8. The van der Waals surface area contributed by atoms with E-state index < -0.39 is 0 Å². The normalized spacial score (nSPS) is 18.9. The van der Waals surface area contributed by atoms with Crippen LogP contribution in [-0.4, -0.2) is 56.4 Å². The Morgan fingerprint density at radius 3 is 2.52 bits per heavy atom. The zero-order chi connectivity index (χ0) is 21.0. The van der Waals surface area contributed by atoms with Crippen molar-refractivity contribution in [2.75, 3.05) is 38.2 Å². The van der Waals surface area contributed by atoms with Crippen LogP contribution in [-0.2, 0) is 4.74 Å². The van der Waals surface area contributed by atoms with E-state index in [2.05, 4.69) is 50.6 Å². The van der Waals surface area contributed by atoms with Gasteiger partial charge in [0.25, 0.3) is 0 Å². The summed E-state index contributed by atoms with van der Waals surface area (Å²) in [5, 5.41) is 7.07. The number of pyridine rings is 1. The lowest BCUT2D eigenvalue weighted by molar-refractivity contribution is 0.0411. The van der Waals surface area contributed by atoms with Gasteiger partial charge >= 0.3 is 0 Å². The molecule has 3 rings (SSSR count). The van der Waals surface area contributed by atoms with Crippen LogP contribution in [0.25, 0.3) is 0 Å². The minimum absolute atomic E-state index is 0. The number of nitrogens with zero attached hydrogens (tertiary/aromatic N) is 3. The van der Waals surface area contributed by atoms with Crippen LogP contribution in [0.2, 0.25) is 0 Å². The molecule has 2 N–H and O–H groups in total. The van der Waals surface area contributed by atoms with Crippen molar-refractivity contribution in [2.24, 2.45) is 4.99 Å². The second kappa shape index (κ2) is 14.9. The molecule has 0 bridgehead atoms. The Kier molecular flexibility index (Phi) is 12.6. The first-order valence-corrected chi connectivity index (χ1v) is 12.0. The highest BCUT2D eigenvalue weighted by atomic mass is 127. The van der Waals surface area contributed by atoms with E-state index in [1.807, 2.05) is 7.05 Å². The van der Waals surface area contributed by atoms with Crippen molar-refractivity contribution in [2.45, 2.75) is 83.3 Å². The summed E-state index contributed by atoms with van der Waals surface area (Å²) in [5.74, 6) is 2.02. The number of halogens is 1. The summed E-state index contributed by atoms with van der Waals surface area (Å²) in [7, 11) is 1.86. The maximum absolute atomic E-state index is 6.09. The predicted molar refractivity (Wildman–Crippen MR) is 141 cm³/mol. The van der Waals surface area contributed by atoms with Gasteiger partial charge in [-0.05, 0) is 57.6 Å². The van der Waals surface area contributed by atoms with E-state index in [0.29, 0.717) is 12.1 Å². The van der Waals surface area contributed by atoms with Crippen molar-refractivity contribution in [3.63, 3.8) is 0 Å². The average molecular weight is 544 g/mol. The van der Waals surface area contributed by atoms with Crippen LogP contribution in [0.3, 0.4) is 0 Å². The highest BCUT2D eigenvalue weighted by Gasteiger charge is 2.21. The van der Waals surface area contributed by atoms with E-state index in [9.17, 15) is 0 Å². The fourth-order valence-electron chi connectivity index (χ4n) is 4.44. The number of aryl methyl sites for hydroxylation is 1. The van der Waals surface area contributed by atoms with Crippen molar-refractivity contribution in [1.29, 1.82) is 0 Å². The number of unbranched alkanes of at least 4 members (excludes halogenated alkanes) is 1. The average Bonchev–Trinajstić information content (AvgIpc) is 3.04. The first-order chi connectivity index (χ1) is 14.7. The number of aliphatic imine (C=N–C) groups is 1. The second-order valence-corrected chi connectivity index (χ2v) is 8.73. The van der Waals surface area contributed by atoms with E-state index >= 15 is 0 Å². The summed E-state index contributed by atoms with van der Waals surface area (Å²) in [6, 6.07) is 6.73. The Labute approximate surface area is 206 Å². The molecule has 0 spiro atoms. The van der Waals surface area contributed by atoms with Crippen LogP contribution in [0.1, 0.15) is 69.9 Å². The Balaban J connectivity index is 0.00000341. The Hall–Kier alpha value is -1.09. The van der Waals surface area contributed by atoms with Gasteiger partial charge in [-0.2, -0.15) is 0 Å². The number of hydrogen-bond acceptors (Lipinski definition) is 4. The molecule has 31 heavy (non-hydrogen) atoms. The number of nitrogens with one attached hydrogen (secondary N) is 2. The van der Waals surface area contributed by atoms with E-state index in [4.69, 9.17) is 4.74 Å². The summed E-state index contributed by atoms with van der Waals surface area (Å²) < 4.78 is 6.09. The molecular formula is C24H42IN5O. The summed E-state index contributed by atoms with van der Waals surface area (Å²) in [6.07, 6.45) is 12.9. The third-order valence-electron chi connectivity index (χ3n) is 6.28. The van der Waals surface area contributed by atoms with Gasteiger partial charge in [0.2, 0.25) is 0 Å². The molecule has 1 aliphatic carbocycles. The molecule has 6 nitrogen and oxygen atoms in total. The number of ether oxygens (including phenoxy) is 1. The van der Waals surface area contributed by atoms with Crippen LogP contribution in [0, 0.1) is 6.92 Å². The van der Waals surface area contributed by atoms with Crippen molar-refractivity contribution >= 4 is 35.8 Å². The number of anilines is 1. The number of hydrogen-bond donors (Lipinski definition) is 2. The number of rotatable bonds is 8. The molecule has 0 amide bonds. The van der Waals surface area contributed by atoms with Gasteiger partial charge in [-0.3, -0.25) is 4.99 Å². The molecule has 1 aromatic heterocycles. The van der Waals surface area contributed by atoms with Crippen LogP contribution in [0.5, 0.6) is 0 Å². The van der Waals surface area contributed by atoms with E-state index in [1.54, 1.807) is 0 Å². The molecular weight excluding hydrogens is 501 g/mol.